The highest BCUT2D eigenvalue weighted by Crippen LogP contribution is 2.23. The number of fused-ring (bicyclic) bond motifs is 1. The second-order valence-corrected chi connectivity index (χ2v) is 7.73. The molecule has 4 rings (SSSR count). The molecular formula is C17H19N5O2S. The minimum atomic E-state index is -0.876. The second kappa shape index (κ2) is 7.28. The number of ether oxygens (including phenoxy) is 1. The van der Waals surface area contributed by atoms with Crippen molar-refractivity contribution in [2.75, 3.05) is 18.5 Å². The molecule has 1 fully saturated rings. The van der Waals surface area contributed by atoms with E-state index < -0.39 is 10.8 Å². The Hall–Kier alpha value is -2.32. The summed E-state index contributed by atoms with van der Waals surface area (Å²) in [5.74, 6) is 1.26. The van der Waals surface area contributed by atoms with Crippen LogP contribution in [0, 0.1) is 0 Å². The Bertz CT molecular complexity index is 891. The van der Waals surface area contributed by atoms with E-state index in [0.717, 1.165) is 29.5 Å². The van der Waals surface area contributed by atoms with Crippen molar-refractivity contribution in [3.63, 3.8) is 0 Å². The molecule has 1 saturated heterocycles. The van der Waals surface area contributed by atoms with E-state index in [1.54, 1.807) is 6.20 Å². The van der Waals surface area contributed by atoms with Gasteiger partial charge in [-0.1, -0.05) is 12.1 Å². The van der Waals surface area contributed by atoms with Crippen molar-refractivity contribution >= 4 is 33.3 Å². The number of nitrogens with zero attached hydrogens (tertiary/aromatic N) is 3. The highest BCUT2D eigenvalue weighted by atomic mass is 32.2. The minimum Gasteiger partial charge on any atom is -0.381 e. The van der Waals surface area contributed by atoms with Crippen molar-refractivity contribution in [1.29, 1.82) is 0 Å². The first-order chi connectivity index (χ1) is 12.3. The van der Waals surface area contributed by atoms with Crippen molar-refractivity contribution in [1.82, 2.24) is 20.2 Å². The summed E-state index contributed by atoms with van der Waals surface area (Å²) in [6.45, 7) is 1.43. The standard InChI is InChI=1S/C17H19N5O2S/c23-25(14-4-6-24-7-5-14)10-12-2-1-3-13(8-12)21-16-15-9-20-22-17(15)19-11-18-16/h1-3,8-9,11,14H,4-7,10H2,(H2,18,19,20,21,22). The Morgan fingerprint density at radius 2 is 2.16 bits per heavy atom. The first-order valence-corrected chi connectivity index (χ1v) is 9.63. The zero-order valence-electron chi connectivity index (χ0n) is 13.6. The van der Waals surface area contributed by atoms with Gasteiger partial charge in [0, 0.05) is 40.7 Å². The van der Waals surface area contributed by atoms with Crippen molar-refractivity contribution in [3.05, 3.63) is 42.4 Å². The van der Waals surface area contributed by atoms with E-state index in [-0.39, 0.29) is 5.25 Å². The van der Waals surface area contributed by atoms with E-state index in [1.165, 1.54) is 6.33 Å². The first kappa shape index (κ1) is 16.2. The average molecular weight is 357 g/mol. The number of H-pyrrole nitrogens is 1. The van der Waals surface area contributed by atoms with Crippen molar-refractivity contribution in [2.24, 2.45) is 0 Å². The van der Waals surface area contributed by atoms with Gasteiger partial charge in [0.1, 0.15) is 12.1 Å². The third-order valence-electron chi connectivity index (χ3n) is 4.29. The van der Waals surface area contributed by atoms with Gasteiger partial charge in [-0.05, 0) is 30.5 Å². The van der Waals surface area contributed by atoms with E-state index in [1.807, 2.05) is 24.3 Å². The number of hydrogen-bond donors (Lipinski definition) is 2. The van der Waals surface area contributed by atoms with Gasteiger partial charge in [0.2, 0.25) is 0 Å². The normalized spacial score (nSPS) is 16.8. The molecular weight excluding hydrogens is 338 g/mol. The molecule has 1 aliphatic rings. The van der Waals surface area contributed by atoms with E-state index >= 15 is 0 Å². The number of anilines is 2. The molecule has 25 heavy (non-hydrogen) atoms. The maximum absolute atomic E-state index is 12.6. The van der Waals surface area contributed by atoms with E-state index in [9.17, 15) is 4.21 Å². The molecule has 3 heterocycles. The molecule has 1 aromatic carbocycles. The van der Waals surface area contributed by atoms with Crippen LogP contribution in [0.3, 0.4) is 0 Å². The molecule has 7 nitrogen and oxygen atoms in total. The van der Waals surface area contributed by atoms with Crippen LogP contribution < -0.4 is 5.32 Å². The molecule has 1 unspecified atom stereocenters. The maximum atomic E-state index is 12.6. The molecule has 0 radical (unpaired) electrons. The molecule has 0 bridgehead atoms. The molecule has 0 saturated carbocycles. The number of nitrogens with one attached hydrogen (secondary N) is 2. The third kappa shape index (κ3) is 3.69. The van der Waals surface area contributed by atoms with Crippen LogP contribution >= 0.6 is 0 Å². The Labute approximate surface area is 147 Å². The van der Waals surface area contributed by atoms with Gasteiger partial charge in [-0.2, -0.15) is 5.10 Å². The van der Waals surface area contributed by atoms with Crippen LogP contribution in [0.4, 0.5) is 11.5 Å². The van der Waals surface area contributed by atoms with Crippen molar-refractivity contribution in [3.8, 4) is 0 Å². The zero-order valence-corrected chi connectivity index (χ0v) is 14.5. The lowest BCUT2D eigenvalue weighted by Gasteiger charge is -2.21. The maximum Gasteiger partial charge on any atom is 0.160 e. The lowest BCUT2D eigenvalue weighted by Crippen LogP contribution is -2.25. The Kier molecular flexibility index (Phi) is 4.71. The molecule has 2 aromatic heterocycles. The fourth-order valence-electron chi connectivity index (χ4n) is 2.96. The topological polar surface area (TPSA) is 92.8 Å². The summed E-state index contributed by atoms with van der Waals surface area (Å²) in [7, 11) is -0.876. The van der Waals surface area contributed by atoms with Crippen molar-refractivity contribution < 1.29 is 8.95 Å². The van der Waals surface area contributed by atoms with Gasteiger partial charge >= 0.3 is 0 Å². The largest absolute Gasteiger partial charge is 0.381 e. The summed E-state index contributed by atoms with van der Waals surface area (Å²) in [5, 5.41) is 11.2. The fraction of sp³-hybridized carbons (Fsp3) is 0.353. The van der Waals surface area contributed by atoms with Gasteiger partial charge in [-0.25, -0.2) is 9.97 Å². The van der Waals surface area contributed by atoms with Gasteiger partial charge in [-0.15, -0.1) is 0 Å². The van der Waals surface area contributed by atoms with E-state index in [0.29, 0.717) is 30.4 Å². The number of hydrogen-bond acceptors (Lipinski definition) is 6. The van der Waals surface area contributed by atoms with Gasteiger partial charge in [0.15, 0.2) is 5.65 Å². The van der Waals surface area contributed by atoms with Gasteiger partial charge < -0.3 is 10.1 Å². The van der Waals surface area contributed by atoms with Gasteiger partial charge in [0.25, 0.3) is 0 Å². The van der Waals surface area contributed by atoms with Crippen LogP contribution in [-0.4, -0.2) is 42.8 Å². The summed E-state index contributed by atoms with van der Waals surface area (Å²) in [6, 6.07) is 7.96. The number of aromatic nitrogens is 4. The SMILES string of the molecule is O=S(Cc1cccc(Nc2ncnc3[nH]ncc23)c1)C1CCOCC1. The van der Waals surface area contributed by atoms with Crippen LogP contribution in [0.25, 0.3) is 11.0 Å². The molecule has 0 amide bonds. The van der Waals surface area contributed by atoms with Crippen LogP contribution in [0.2, 0.25) is 0 Å². The van der Waals surface area contributed by atoms with Gasteiger partial charge in [-0.3, -0.25) is 9.31 Å². The summed E-state index contributed by atoms with van der Waals surface area (Å²) in [6.07, 6.45) is 4.95. The molecule has 1 atom stereocenters. The zero-order chi connectivity index (χ0) is 17.1. The second-order valence-electron chi connectivity index (χ2n) is 6.02. The lowest BCUT2D eigenvalue weighted by atomic mass is 10.2. The number of rotatable bonds is 5. The monoisotopic (exact) mass is 357 g/mol. The Morgan fingerprint density at radius 1 is 1.28 bits per heavy atom. The predicted molar refractivity (Wildman–Crippen MR) is 97.1 cm³/mol. The quantitative estimate of drug-likeness (QED) is 0.729. The smallest absolute Gasteiger partial charge is 0.160 e. The molecule has 2 N–H and O–H groups in total. The highest BCUT2D eigenvalue weighted by molar-refractivity contribution is 7.84. The Balaban J connectivity index is 1.49. The summed E-state index contributed by atoms with van der Waals surface area (Å²) < 4.78 is 17.9. The molecule has 130 valence electrons. The van der Waals surface area contributed by atoms with Crippen LogP contribution in [-0.2, 0) is 21.3 Å². The van der Waals surface area contributed by atoms with E-state index in [4.69, 9.17) is 4.74 Å². The molecule has 0 spiro atoms. The Morgan fingerprint density at radius 3 is 3.04 bits per heavy atom. The number of benzene rings is 1. The third-order valence-corrected chi connectivity index (χ3v) is 6.12. The summed E-state index contributed by atoms with van der Waals surface area (Å²) >= 11 is 0. The fourth-order valence-corrected chi connectivity index (χ4v) is 4.42. The van der Waals surface area contributed by atoms with Crippen LogP contribution in [0.5, 0.6) is 0 Å². The lowest BCUT2D eigenvalue weighted by molar-refractivity contribution is 0.0992. The van der Waals surface area contributed by atoms with E-state index in [2.05, 4.69) is 25.5 Å². The number of aromatic amines is 1. The van der Waals surface area contributed by atoms with Crippen LogP contribution in [0.1, 0.15) is 18.4 Å². The summed E-state index contributed by atoms with van der Waals surface area (Å²) in [5.41, 5.74) is 2.64. The predicted octanol–water partition coefficient (Wildman–Crippen LogP) is 2.52. The first-order valence-electron chi connectivity index (χ1n) is 8.24. The highest BCUT2D eigenvalue weighted by Gasteiger charge is 2.20. The molecule has 1 aliphatic heterocycles. The average Bonchev–Trinajstić information content (AvgIpc) is 3.13. The molecule has 8 heteroatoms. The minimum absolute atomic E-state index is 0.234. The molecule has 3 aromatic rings. The van der Waals surface area contributed by atoms with Gasteiger partial charge in [0.05, 0.1) is 11.6 Å². The van der Waals surface area contributed by atoms with Crippen LogP contribution in [0.15, 0.2) is 36.8 Å². The van der Waals surface area contributed by atoms with Crippen molar-refractivity contribution in [2.45, 2.75) is 23.8 Å². The summed E-state index contributed by atoms with van der Waals surface area (Å²) in [4.78, 5) is 8.41. The molecule has 0 aliphatic carbocycles.